The van der Waals surface area contributed by atoms with E-state index in [1.54, 1.807) is 37.3 Å². The van der Waals surface area contributed by atoms with E-state index in [4.69, 9.17) is 5.73 Å². The molecule has 0 saturated carbocycles. The SMILES string of the molecule is Cc1nc(N)sc1C(=O)N[C@@H](C(=O)O)c1ccccc1. The van der Waals surface area contributed by atoms with Crippen LogP contribution in [0.1, 0.15) is 27.0 Å². The van der Waals surface area contributed by atoms with Gasteiger partial charge in [-0.25, -0.2) is 9.78 Å². The van der Waals surface area contributed by atoms with Crippen molar-refractivity contribution in [3.8, 4) is 0 Å². The van der Waals surface area contributed by atoms with Crippen LogP contribution in [0.4, 0.5) is 5.13 Å². The lowest BCUT2D eigenvalue weighted by Gasteiger charge is -2.14. The van der Waals surface area contributed by atoms with E-state index in [1.165, 1.54) is 0 Å². The van der Waals surface area contributed by atoms with Gasteiger partial charge in [0.1, 0.15) is 4.88 Å². The molecule has 2 rings (SSSR count). The van der Waals surface area contributed by atoms with Crippen LogP contribution < -0.4 is 11.1 Å². The molecule has 0 aliphatic heterocycles. The molecule has 1 heterocycles. The number of anilines is 1. The Labute approximate surface area is 119 Å². The second-order valence-electron chi connectivity index (χ2n) is 4.12. The second-order valence-corrected chi connectivity index (χ2v) is 5.15. The molecular weight excluding hydrogens is 278 g/mol. The number of carbonyl (C=O) groups is 2. The highest BCUT2D eigenvalue weighted by Gasteiger charge is 2.24. The average molecular weight is 291 g/mol. The fourth-order valence-corrected chi connectivity index (χ4v) is 2.49. The fourth-order valence-electron chi connectivity index (χ4n) is 1.76. The van der Waals surface area contributed by atoms with Crippen molar-refractivity contribution in [2.75, 3.05) is 5.73 Å². The lowest BCUT2D eigenvalue weighted by atomic mass is 10.1. The van der Waals surface area contributed by atoms with Crippen molar-refractivity contribution < 1.29 is 14.7 Å². The van der Waals surface area contributed by atoms with Gasteiger partial charge in [0.25, 0.3) is 5.91 Å². The number of nitrogens with two attached hydrogens (primary N) is 1. The number of carbonyl (C=O) groups excluding carboxylic acids is 1. The molecule has 7 heteroatoms. The van der Waals surface area contributed by atoms with Crippen molar-refractivity contribution in [3.63, 3.8) is 0 Å². The van der Waals surface area contributed by atoms with E-state index >= 15 is 0 Å². The molecule has 0 spiro atoms. The minimum absolute atomic E-state index is 0.277. The minimum atomic E-state index is -1.13. The van der Waals surface area contributed by atoms with Crippen LogP contribution in [0.5, 0.6) is 0 Å². The monoisotopic (exact) mass is 291 g/mol. The molecule has 0 bridgehead atoms. The van der Waals surface area contributed by atoms with Gasteiger partial charge in [0.05, 0.1) is 5.69 Å². The number of hydrogen-bond donors (Lipinski definition) is 3. The van der Waals surface area contributed by atoms with Gasteiger partial charge < -0.3 is 16.2 Å². The molecule has 0 unspecified atom stereocenters. The lowest BCUT2D eigenvalue weighted by molar-refractivity contribution is -0.139. The van der Waals surface area contributed by atoms with Gasteiger partial charge in [-0.3, -0.25) is 4.79 Å². The zero-order valence-electron chi connectivity index (χ0n) is 10.7. The number of aromatic nitrogens is 1. The highest BCUT2D eigenvalue weighted by Crippen LogP contribution is 2.21. The highest BCUT2D eigenvalue weighted by atomic mass is 32.1. The first-order valence-corrected chi connectivity index (χ1v) is 6.62. The van der Waals surface area contributed by atoms with Crippen LogP contribution in [0, 0.1) is 6.92 Å². The van der Waals surface area contributed by atoms with Crippen LogP contribution in [0.2, 0.25) is 0 Å². The van der Waals surface area contributed by atoms with Crippen molar-refractivity contribution in [2.24, 2.45) is 0 Å². The lowest BCUT2D eigenvalue weighted by Crippen LogP contribution is -2.33. The van der Waals surface area contributed by atoms with Crippen molar-refractivity contribution in [1.82, 2.24) is 10.3 Å². The number of nitrogens with one attached hydrogen (secondary N) is 1. The van der Waals surface area contributed by atoms with Gasteiger partial charge in [-0.1, -0.05) is 41.7 Å². The van der Waals surface area contributed by atoms with E-state index in [0.717, 1.165) is 11.3 Å². The molecule has 4 N–H and O–H groups in total. The third kappa shape index (κ3) is 2.94. The van der Waals surface area contributed by atoms with Crippen LogP contribution in [0.3, 0.4) is 0 Å². The zero-order valence-corrected chi connectivity index (χ0v) is 11.5. The van der Waals surface area contributed by atoms with Crippen LogP contribution in [-0.2, 0) is 4.79 Å². The molecule has 0 saturated heterocycles. The Balaban J connectivity index is 2.23. The molecule has 1 aromatic heterocycles. The Morgan fingerprint density at radius 1 is 1.35 bits per heavy atom. The molecule has 104 valence electrons. The molecule has 2 aromatic rings. The number of rotatable bonds is 4. The molecule has 20 heavy (non-hydrogen) atoms. The van der Waals surface area contributed by atoms with Crippen LogP contribution >= 0.6 is 11.3 Å². The summed E-state index contributed by atoms with van der Waals surface area (Å²) in [6, 6.07) is 7.39. The molecule has 6 nitrogen and oxygen atoms in total. The van der Waals surface area contributed by atoms with E-state index in [-0.39, 0.29) is 5.13 Å². The second kappa shape index (κ2) is 5.70. The highest BCUT2D eigenvalue weighted by molar-refractivity contribution is 7.17. The number of carboxylic acid groups (broad SMARTS) is 1. The molecule has 0 aliphatic carbocycles. The number of hydrogen-bond acceptors (Lipinski definition) is 5. The largest absolute Gasteiger partial charge is 0.479 e. The first-order chi connectivity index (χ1) is 9.49. The molecule has 1 atom stereocenters. The third-order valence-corrected chi connectivity index (χ3v) is 3.66. The average Bonchev–Trinajstić information content (AvgIpc) is 2.75. The van der Waals surface area contributed by atoms with Gasteiger partial charge in [-0.2, -0.15) is 0 Å². The van der Waals surface area contributed by atoms with Crippen LogP contribution in [0.25, 0.3) is 0 Å². The quantitative estimate of drug-likeness (QED) is 0.793. The van der Waals surface area contributed by atoms with E-state index < -0.39 is 17.9 Å². The van der Waals surface area contributed by atoms with E-state index in [0.29, 0.717) is 16.1 Å². The van der Waals surface area contributed by atoms with Gasteiger partial charge in [-0.05, 0) is 12.5 Å². The van der Waals surface area contributed by atoms with Gasteiger partial charge in [-0.15, -0.1) is 0 Å². The summed E-state index contributed by atoms with van der Waals surface area (Å²) in [5, 5.41) is 12.0. The van der Waals surface area contributed by atoms with Gasteiger partial charge >= 0.3 is 5.97 Å². The topological polar surface area (TPSA) is 105 Å². The Morgan fingerprint density at radius 3 is 2.50 bits per heavy atom. The van der Waals surface area contributed by atoms with E-state index in [1.807, 2.05) is 0 Å². The Morgan fingerprint density at radius 2 is 2.00 bits per heavy atom. The number of aryl methyl sites for hydroxylation is 1. The maximum Gasteiger partial charge on any atom is 0.330 e. The molecule has 1 aromatic carbocycles. The number of nitrogen functional groups attached to an aromatic ring is 1. The van der Waals surface area contributed by atoms with Crippen molar-refractivity contribution in [1.29, 1.82) is 0 Å². The van der Waals surface area contributed by atoms with Gasteiger partial charge in [0, 0.05) is 0 Å². The summed E-state index contributed by atoms with van der Waals surface area (Å²) in [6.45, 7) is 1.65. The Kier molecular flexibility index (Phi) is 3.99. The van der Waals surface area contributed by atoms with Crippen molar-refractivity contribution in [3.05, 3.63) is 46.5 Å². The predicted molar refractivity (Wildman–Crippen MR) is 75.5 cm³/mol. The number of aliphatic carboxylic acids is 1. The molecule has 0 aliphatic rings. The van der Waals surface area contributed by atoms with Crippen molar-refractivity contribution >= 4 is 28.3 Å². The maximum absolute atomic E-state index is 12.1. The number of carboxylic acids is 1. The summed E-state index contributed by atoms with van der Waals surface area (Å²) in [5.74, 6) is -1.62. The minimum Gasteiger partial charge on any atom is -0.479 e. The smallest absolute Gasteiger partial charge is 0.330 e. The van der Waals surface area contributed by atoms with Crippen molar-refractivity contribution in [2.45, 2.75) is 13.0 Å². The van der Waals surface area contributed by atoms with Crippen LogP contribution in [0.15, 0.2) is 30.3 Å². The number of amides is 1. The summed E-state index contributed by atoms with van der Waals surface area (Å²) in [5.41, 5.74) is 6.52. The zero-order chi connectivity index (χ0) is 14.7. The number of benzene rings is 1. The van der Waals surface area contributed by atoms with Crippen LogP contribution in [-0.4, -0.2) is 22.0 Å². The fraction of sp³-hybridized carbons (Fsp3) is 0.154. The third-order valence-electron chi connectivity index (χ3n) is 2.67. The molecule has 0 radical (unpaired) electrons. The van der Waals surface area contributed by atoms with E-state index in [2.05, 4.69) is 10.3 Å². The maximum atomic E-state index is 12.1. The first kappa shape index (κ1) is 14.0. The molecule has 0 fully saturated rings. The number of thiazole rings is 1. The normalized spacial score (nSPS) is 11.8. The van der Waals surface area contributed by atoms with E-state index in [9.17, 15) is 14.7 Å². The predicted octanol–water partition coefficient (Wildman–Crippen LogP) is 1.59. The summed E-state index contributed by atoms with van der Waals surface area (Å²) >= 11 is 1.03. The molecular formula is C13H13N3O3S. The number of nitrogens with zero attached hydrogens (tertiary/aromatic N) is 1. The summed E-state index contributed by atoms with van der Waals surface area (Å²) < 4.78 is 0. The Hall–Kier alpha value is -2.41. The van der Waals surface area contributed by atoms with Gasteiger partial charge in [0.2, 0.25) is 0 Å². The first-order valence-electron chi connectivity index (χ1n) is 5.80. The molecule has 1 amide bonds. The van der Waals surface area contributed by atoms with Gasteiger partial charge in [0.15, 0.2) is 11.2 Å². The Bertz CT molecular complexity index is 640. The summed E-state index contributed by atoms with van der Waals surface area (Å²) in [7, 11) is 0. The summed E-state index contributed by atoms with van der Waals surface area (Å²) in [4.78, 5) is 27.7. The standard InChI is InChI=1S/C13H13N3O3S/c1-7-10(20-13(14)15-7)11(17)16-9(12(18)19)8-5-3-2-4-6-8/h2-6,9H,1H3,(H2,14,15)(H,16,17)(H,18,19)/t9-/m1/s1. The summed E-state index contributed by atoms with van der Waals surface area (Å²) in [6.07, 6.45) is 0.